The highest BCUT2D eigenvalue weighted by atomic mass is 32.1. The van der Waals surface area contributed by atoms with Crippen molar-refractivity contribution < 1.29 is 9.53 Å². The SMILES string of the molecule is CCOc1cccc(C(=O)NC(=S)Nc2ccccc2[C@H](C)CC)c1. The fourth-order valence-electron chi connectivity index (χ4n) is 2.48. The van der Waals surface area contributed by atoms with Crippen molar-refractivity contribution >= 4 is 28.9 Å². The minimum atomic E-state index is -0.264. The van der Waals surface area contributed by atoms with Crippen LogP contribution in [0.2, 0.25) is 0 Å². The summed E-state index contributed by atoms with van der Waals surface area (Å²) in [6.45, 7) is 6.77. The van der Waals surface area contributed by atoms with Crippen LogP contribution in [0.1, 0.15) is 49.0 Å². The van der Waals surface area contributed by atoms with Gasteiger partial charge in [0.2, 0.25) is 0 Å². The molecule has 2 aromatic rings. The van der Waals surface area contributed by atoms with Crippen molar-refractivity contribution in [3.8, 4) is 5.75 Å². The van der Waals surface area contributed by atoms with Crippen molar-refractivity contribution in [3.63, 3.8) is 0 Å². The lowest BCUT2D eigenvalue weighted by Gasteiger charge is -2.17. The molecule has 4 nitrogen and oxygen atoms in total. The Morgan fingerprint density at radius 1 is 1.16 bits per heavy atom. The highest BCUT2D eigenvalue weighted by Crippen LogP contribution is 2.26. The molecule has 0 aliphatic heterocycles. The van der Waals surface area contributed by atoms with Crippen LogP contribution < -0.4 is 15.4 Å². The Balaban J connectivity index is 2.05. The quantitative estimate of drug-likeness (QED) is 0.735. The van der Waals surface area contributed by atoms with Crippen LogP contribution in [0.25, 0.3) is 0 Å². The lowest BCUT2D eigenvalue weighted by Crippen LogP contribution is -2.34. The molecule has 2 aromatic carbocycles. The molecule has 0 heterocycles. The molecular formula is C20H24N2O2S. The molecule has 0 radical (unpaired) electrons. The Hall–Kier alpha value is -2.40. The molecule has 2 rings (SSSR count). The molecule has 132 valence electrons. The Bertz CT molecular complexity index is 746. The van der Waals surface area contributed by atoms with Crippen LogP contribution in [0.5, 0.6) is 5.75 Å². The van der Waals surface area contributed by atoms with Gasteiger partial charge in [0.15, 0.2) is 5.11 Å². The van der Waals surface area contributed by atoms with Gasteiger partial charge in [0.1, 0.15) is 5.75 Å². The molecule has 25 heavy (non-hydrogen) atoms. The van der Waals surface area contributed by atoms with Gasteiger partial charge in [-0.2, -0.15) is 0 Å². The predicted molar refractivity (Wildman–Crippen MR) is 106 cm³/mol. The van der Waals surface area contributed by atoms with Crippen LogP contribution in [0.4, 0.5) is 5.69 Å². The first-order chi connectivity index (χ1) is 12.0. The Labute approximate surface area is 154 Å². The van der Waals surface area contributed by atoms with E-state index in [0.29, 0.717) is 23.8 Å². The molecule has 0 spiro atoms. The first-order valence-corrected chi connectivity index (χ1v) is 8.90. The number of carbonyl (C=O) groups is 1. The van der Waals surface area contributed by atoms with Crippen molar-refractivity contribution in [2.24, 2.45) is 0 Å². The van der Waals surface area contributed by atoms with E-state index in [-0.39, 0.29) is 11.0 Å². The number of rotatable bonds is 6. The molecule has 5 heteroatoms. The Morgan fingerprint density at radius 3 is 2.64 bits per heavy atom. The maximum Gasteiger partial charge on any atom is 0.257 e. The van der Waals surface area contributed by atoms with Gasteiger partial charge in [-0.1, -0.05) is 38.1 Å². The van der Waals surface area contributed by atoms with Crippen LogP contribution in [-0.4, -0.2) is 17.6 Å². The summed E-state index contributed by atoms with van der Waals surface area (Å²) in [4.78, 5) is 12.4. The molecule has 1 amide bonds. The standard InChI is InChI=1S/C20H24N2O2S/c1-4-14(3)17-11-6-7-12-18(17)21-20(25)22-19(23)15-9-8-10-16(13-15)24-5-2/h6-14H,4-5H2,1-3H3,(H2,21,22,23,25)/t14-/m1/s1. The average Bonchev–Trinajstić information content (AvgIpc) is 2.62. The first kappa shape index (κ1) is 18.9. The molecular weight excluding hydrogens is 332 g/mol. The van der Waals surface area contributed by atoms with E-state index in [1.54, 1.807) is 18.2 Å². The molecule has 0 aliphatic carbocycles. The summed E-state index contributed by atoms with van der Waals surface area (Å²) in [5, 5.41) is 6.14. The second kappa shape index (κ2) is 9.18. The van der Waals surface area contributed by atoms with Crippen molar-refractivity contribution in [3.05, 3.63) is 59.7 Å². The topological polar surface area (TPSA) is 50.4 Å². The minimum Gasteiger partial charge on any atom is -0.494 e. The maximum absolute atomic E-state index is 12.4. The summed E-state index contributed by atoms with van der Waals surface area (Å²) in [7, 11) is 0. The van der Waals surface area contributed by atoms with Gasteiger partial charge in [-0.15, -0.1) is 0 Å². The van der Waals surface area contributed by atoms with Gasteiger partial charge >= 0.3 is 0 Å². The van der Waals surface area contributed by atoms with Crippen molar-refractivity contribution in [2.45, 2.75) is 33.1 Å². The fraction of sp³-hybridized carbons (Fsp3) is 0.300. The smallest absolute Gasteiger partial charge is 0.257 e. The molecule has 0 aliphatic rings. The highest BCUT2D eigenvalue weighted by molar-refractivity contribution is 7.80. The molecule has 0 aromatic heterocycles. The van der Waals surface area contributed by atoms with E-state index in [1.807, 2.05) is 31.2 Å². The zero-order valence-electron chi connectivity index (χ0n) is 14.8. The Morgan fingerprint density at radius 2 is 1.92 bits per heavy atom. The first-order valence-electron chi connectivity index (χ1n) is 8.49. The van der Waals surface area contributed by atoms with Gasteiger partial charge in [-0.05, 0) is 61.3 Å². The molecule has 1 atom stereocenters. The second-order valence-electron chi connectivity index (χ2n) is 5.77. The van der Waals surface area contributed by atoms with Crippen LogP contribution >= 0.6 is 12.2 Å². The van der Waals surface area contributed by atoms with Crippen LogP contribution in [0.3, 0.4) is 0 Å². The Kier molecular flexibility index (Phi) is 6.95. The average molecular weight is 356 g/mol. The van der Waals surface area contributed by atoms with Crippen molar-refractivity contribution in [1.82, 2.24) is 5.32 Å². The predicted octanol–water partition coefficient (Wildman–Crippen LogP) is 4.73. The largest absolute Gasteiger partial charge is 0.494 e. The van der Waals surface area contributed by atoms with Gasteiger partial charge in [0.25, 0.3) is 5.91 Å². The van der Waals surface area contributed by atoms with E-state index >= 15 is 0 Å². The number of nitrogens with one attached hydrogen (secondary N) is 2. The molecule has 0 unspecified atom stereocenters. The van der Waals surface area contributed by atoms with Gasteiger partial charge in [-0.3, -0.25) is 10.1 Å². The summed E-state index contributed by atoms with van der Waals surface area (Å²) in [6.07, 6.45) is 1.03. The lowest BCUT2D eigenvalue weighted by molar-refractivity contribution is 0.0977. The molecule has 0 fully saturated rings. The summed E-state index contributed by atoms with van der Waals surface area (Å²) in [6, 6.07) is 15.0. The number of ether oxygens (including phenoxy) is 1. The third-order valence-electron chi connectivity index (χ3n) is 3.99. The summed E-state index contributed by atoms with van der Waals surface area (Å²) in [5.74, 6) is 0.807. The van der Waals surface area contributed by atoms with Crippen molar-refractivity contribution in [1.29, 1.82) is 0 Å². The summed E-state index contributed by atoms with van der Waals surface area (Å²) >= 11 is 5.30. The number of carbonyl (C=O) groups excluding carboxylic acids is 1. The molecule has 0 saturated heterocycles. The van der Waals surface area contributed by atoms with E-state index in [2.05, 4.69) is 30.5 Å². The molecule has 0 bridgehead atoms. The zero-order chi connectivity index (χ0) is 18.2. The fourth-order valence-corrected chi connectivity index (χ4v) is 2.69. The number of hydrogen-bond acceptors (Lipinski definition) is 3. The summed E-state index contributed by atoms with van der Waals surface area (Å²) in [5.41, 5.74) is 2.61. The van der Waals surface area contributed by atoms with E-state index in [9.17, 15) is 4.79 Å². The van der Waals surface area contributed by atoms with Crippen LogP contribution in [-0.2, 0) is 0 Å². The number of amides is 1. The van der Waals surface area contributed by atoms with E-state index < -0.39 is 0 Å². The number of benzene rings is 2. The number of thiocarbonyl (C=S) groups is 1. The minimum absolute atomic E-state index is 0.264. The van der Waals surface area contributed by atoms with Gasteiger partial charge in [-0.25, -0.2) is 0 Å². The highest BCUT2D eigenvalue weighted by Gasteiger charge is 2.12. The maximum atomic E-state index is 12.4. The number of anilines is 1. The van der Waals surface area contributed by atoms with Gasteiger partial charge in [0.05, 0.1) is 6.61 Å². The monoisotopic (exact) mass is 356 g/mol. The zero-order valence-corrected chi connectivity index (χ0v) is 15.7. The number of hydrogen-bond donors (Lipinski definition) is 2. The lowest BCUT2D eigenvalue weighted by atomic mass is 9.97. The number of para-hydroxylation sites is 1. The summed E-state index contributed by atoms with van der Waals surface area (Å²) < 4.78 is 5.42. The molecule has 2 N–H and O–H groups in total. The second-order valence-corrected chi connectivity index (χ2v) is 6.17. The third kappa shape index (κ3) is 5.29. The van der Waals surface area contributed by atoms with E-state index in [4.69, 9.17) is 17.0 Å². The van der Waals surface area contributed by atoms with Crippen LogP contribution in [0.15, 0.2) is 48.5 Å². The van der Waals surface area contributed by atoms with Crippen LogP contribution in [0, 0.1) is 0 Å². The van der Waals surface area contributed by atoms with Gasteiger partial charge < -0.3 is 10.1 Å². The van der Waals surface area contributed by atoms with Crippen molar-refractivity contribution in [2.75, 3.05) is 11.9 Å². The molecule has 0 saturated carbocycles. The third-order valence-corrected chi connectivity index (χ3v) is 4.19. The normalized spacial score (nSPS) is 11.5. The van der Waals surface area contributed by atoms with Gasteiger partial charge in [0, 0.05) is 11.3 Å². The van der Waals surface area contributed by atoms with E-state index in [0.717, 1.165) is 12.1 Å². The van der Waals surface area contributed by atoms with E-state index in [1.165, 1.54) is 5.56 Å².